The van der Waals surface area contributed by atoms with Crippen molar-refractivity contribution in [3.8, 4) is 11.1 Å². The Morgan fingerprint density at radius 2 is 1.58 bits per heavy atom. The van der Waals surface area contributed by atoms with Gasteiger partial charge in [-0.2, -0.15) is 42.1 Å². The third-order valence-corrected chi connectivity index (χ3v) is 5.61. The molecule has 3 aromatic rings. The van der Waals surface area contributed by atoms with E-state index in [-0.39, 0.29) is 25.5 Å². The Morgan fingerprint density at radius 3 is 2.23 bits per heavy atom. The summed E-state index contributed by atoms with van der Waals surface area (Å²) in [5, 5.41) is 4.81. The van der Waals surface area contributed by atoms with Gasteiger partial charge in [-0.15, -0.1) is 11.8 Å². The van der Waals surface area contributed by atoms with Crippen LogP contribution in [0.15, 0.2) is 72.9 Å². The molecule has 1 heterocycles. The third-order valence-electron chi connectivity index (χ3n) is 4.45. The first-order chi connectivity index (χ1) is 12.2. The molecule has 1 aliphatic rings. The molecule has 4 rings (SSSR count). The first-order valence-corrected chi connectivity index (χ1v) is 9.31. The molecule has 133 valence electrons. The number of aryl methyl sites for hydroxylation is 2. The first-order valence-electron chi connectivity index (χ1n) is 8.43. The van der Waals surface area contributed by atoms with Crippen molar-refractivity contribution in [1.82, 2.24) is 0 Å². The summed E-state index contributed by atoms with van der Waals surface area (Å²) in [7, 11) is 0. The average molecular weight is 534 g/mol. The van der Waals surface area contributed by atoms with E-state index in [2.05, 4.69) is 68.4 Å². The summed E-state index contributed by atoms with van der Waals surface area (Å²) in [5.74, 6) is 0. The number of rotatable bonds is 3. The van der Waals surface area contributed by atoms with Gasteiger partial charge in [-0.25, -0.2) is 0 Å². The van der Waals surface area contributed by atoms with Crippen LogP contribution in [0, 0.1) is 19.9 Å². The molecule has 26 heavy (non-hydrogen) atoms. The smallest absolute Gasteiger partial charge is 0 e. The Bertz CT molecular complexity index is 896. The van der Waals surface area contributed by atoms with Crippen molar-refractivity contribution < 1.29 is 20.1 Å². The van der Waals surface area contributed by atoms with Crippen LogP contribution in [-0.4, -0.2) is 0 Å². The molecule has 1 aliphatic heterocycles. The van der Waals surface area contributed by atoms with Gasteiger partial charge in [-0.3, -0.25) is 0 Å². The minimum Gasteiger partial charge on any atom is -0.676 e. The zero-order chi connectivity index (χ0) is 17.2. The van der Waals surface area contributed by atoms with Crippen molar-refractivity contribution in [1.29, 1.82) is 0 Å². The van der Waals surface area contributed by atoms with E-state index in [1.165, 1.54) is 32.7 Å². The SMILES string of the molecule is Cc1cc(-c2ccccc2)cc(C)c1C1=C[N-]C(c2[c-]cccc2)S1.[Ir]. The largest absolute Gasteiger partial charge is 0.676 e. The Labute approximate surface area is 173 Å². The molecule has 0 saturated heterocycles. The van der Waals surface area contributed by atoms with E-state index in [1.807, 2.05) is 36.2 Å². The van der Waals surface area contributed by atoms with Crippen LogP contribution in [0.1, 0.15) is 27.6 Å². The minimum atomic E-state index is 0. The molecule has 0 saturated carbocycles. The number of benzene rings is 3. The van der Waals surface area contributed by atoms with E-state index in [1.54, 1.807) is 0 Å². The van der Waals surface area contributed by atoms with Gasteiger partial charge in [-0.1, -0.05) is 47.8 Å². The topological polar surface area (TPSA) is 14.1 Å². The molecular weight excluding hydrogens is 515 g/mol. The molecule has 0 aromatic heterocycles. The van der Waals surface area contributed by atoms with Crippen molar-refractivity contribution in [2.75, 3.05) is 0 Å². The van der Waals surface area contributed by atoms with E-state index in [0.29, 0.717) is 0 Å². The summed E-state index contributed by atoms with van der Waals surface area (Å²) < 4.78 is 0. The summed E-state index contributed by atoms with van der Waals surface area (Å²) in [4.78, 5) is 1.25. The van der Waals surface area contributed by atoms with Gasteiger partial charge in [0.25, 0.3) is 0 Å². The molecule has 3 aromatic carbocycles. The Morgan fingerprint density at radius 1 is 0.885 bits per heavy atom. The Hall–Kier alpha value is -1.80. The molecule has 1 nitrogen and oxygen atoms in total. The predicted octanol–water partition coefficient (Wildman–Crippen LogP) is 6.89. The van der Waals surface area contributed by atoms with E-state index in [0.717, 1.165) is 5.56 Å². The van der Waals surface area contributed by atoms with Crippen molar-refractivity contribution in [2.45, 2.75) is 19.2 Å². The molecule has 0 amide bonds. The van der Waals surface area contributed by atoms with Crippen LogP contribution >= 0.6 is 11.8 Å². The monoisotopic (exact) mass is 534 g/mol. The molecule has 1 atom stereocenters. The number of hydrogen-bond acceptors (Lipinski definition) is 1. The van der Waals surface area contributed by atoms with Crippen molar-refractivity contribution in [3.05, 3.63) is 107 Å². The van der Waals surface area contributed by atoms with Gasteiger partial charge in [0.05, 0.1) is 0 Å². The second-order valence-corrected chi connectivity index (χ2v) is 7.40. The van der Waals surface area contributed by atoms with E-state index in [4.69, 9.17) is 5.32 Å². The summed E-state index contributed by atoms with van der Waals surface area (Å²) in [5.41, 5.74) is 7.57. The zero-order valence-electron chi connectivity index (χ0n) is 14.7. The zero-order valence-corrected chi connectivity index (χ0v) is 17.9. The molecular formula is C23H19IrNS-2. The normalized spacial score (nSPS) is 15.8. The standard InChI is InChI=1S/C23H19NS.Ir/c1-16-13-20(18-9-5-3-6-10-18)14-17(2)22(16)21-15-24-23(25-21)19-11-7-4-8-12-19;/h3-11,13-15,23H,1-2H3;/q-2;. The molecule has 3 heteroatoms. The quantitative estimate of drug-likeness (QED) is 0.335. The number of nitrogens with zero attached hydrogens (tertiary/aromatic N) is 1. The molecule has 0 aliphatic carbocycles. The summed E-state index contributed by atoms with van der Waals surface area (Å²) in [6, 6.07) is 26.5. The van der Waals surface area contributed by atoms with Gasteiger partial charge in [0.1, 0.15) is 0 Å². The molecule has 0 N–H and O–H groups in total. The van der Waals surface area contributed by atoms with Crippen molar-refractivity contribution in [3.63, 3.8) is 0 Å². The Balaban J connectivity index is 0.00000196. The summed E-state index contributed by atoms with van der Waals surface area (Å²) in [6.07, 6.45) is 2.02. The fraction of sp³-hybridized carbons (Fsp3) is 0.130. The summed E-state index contributed by atoms with van der Waals surface area (Å²) >= 11 is 1.81. The van der Waals surface area contributed by atoms with Crippen LogP contribution in [-0.2, 0) is 20.1 Å². The fourth-order valence-electron chi connectivity index (χ4n) is 3.29. The van der Waals surface area contributed by atoms with E-state index >= 15 is 0 Å². The fourth-order valence-corrected chi connectivity index (χ4v) is 4.49. The number of hydrogen-bond donors (Lipinski definition) is 0. The van der Waals surface area contributed by atoms with E-state index < -0.39 is 0 Å². The molecule has 0 spiro atoms. The maximum atomic E-state index is 4.70. The second-order valence-electron chi connectivity index (χ2n) is 6.28. The van der Waals surface area contributed by atoms with Crippen LogP contribution in [0.5, 0.6) is 0 Å². The molecule has 0 bridgehead atoms. The van der Waals surface area contributed by atoms with E-state index in [9.17, 15) is 0 Å². The van der Waals surface area contributed by atoms with Gasteiger partial charge in [0.15, 0.2) is 0 Å². The predicted molar refractivity (Wildman–Crippen MR) is 108 cm³/mol. The minimum absolute atomic E-state index is 0. The average Bonchev–Trinajstić information content (AvgIpc) is 3.12. The van der Waals surface area contributed by atoms with Gasteiger partial charge < -0.3 is 5.32 Å². The third kappa shape index (κ3) is 3.81. The van der Waals surface area contributed by atoms with Crippen LogP contribution in [0.3, 0.4) is 0 Å². The van der Waals surface area contributed by atoms with Gasteiger partial charge in [-0.05, 0) is 46.6 Å². The maximum absolute atomic E-state index is 4.70. The van der Waals surface area contributed by atoms with Gasteiger partial charge in [0.2, 0.25) is 0 Å². The van der Waals surface area contributed by atoms with Crippen molar-refractivity contribution in [2.24, 2.45) is 0 Å². The number of thioether (sulfide) groups is 1. The first kappa shape index (κ1) is 19.0. The van der Waals surface area contributed by atoms with Crippen LogP contribution in [0.25, 0.3) is 21.3 Å². The second kappa shape index (κ2) is 8.26. The van der Waals surface area contributed by atoms with Crippen LogP contribution < -0.4 is 0 Å². The molecule has 1 unspecified atom stereocenters. The molecule has 1 radical (unpaired) electrons. The summed E-state index contributed by atoms with van der Waals surface area (Å²) in [6.45, 7) is 4.39. The van der Waals surface area contributed by atoms with Crippen molar-refractivity contribution >= 4 is 16.7 Å². The van der Waals surface area contributed by atoms with Crippen LogP contribution in [0.2, 0.25) is 0 Å². The van der Waals surface area contributed by atoms with Crippen LogP contribution in [0.4, 0.5) is 0 Å². The Kier molecular flexibility index (Phi) is 6.03. The maximum Gasteiger partial charge on any atom is 0 e. The van der Waals surface area contributed by atoms with Gasteiger partial charge >= 0.3 is 0 Å². The van der Waals surface area contributed by atoms with Gasteiger partial charge in [0, 0.05) is 20.1 Å². The molecule has 0 fully saturated rings.